The number of hydrogen-bond donors (Lipinski definition) is 2. The zero-order valence-electron chi connectivity index (χ0n) is 18.4. The van der Waals surface area contributed by atoms with E-state index in [0.29, 0.717) is 22.2 Å². The molecule has 1 aliphatic heterocycles. The lowest BCUT2D eigenvalue weighted by atomic mass is 10.0. The second-order valence-electron chi connectivity index (χ2n) is 8.17. The molecule has 3 N–H and O–H groups in total. The molecule has 3 aromatic rings. The number of rotatable bonds is 9. The molecule has 33 heavy (non-hydrogen) atoms. The van der Waals surface area contributed by atoms with Gasteiger partial charge >= 0.3 is 0 Å². The number of amides is 1. The molecule has 1 aromatic heterocycles. The Morgan fingerprint density at radius 1 is 1.24 bits per heavy atom. The average Bonchev–Trinajstić information content (AvgIpc) is 3.40. The van der Waals surface area contributed by atoms with E-state index in [1.807, 2.05) is 61.5 Å². The van der Waals surface area contributed by atoms with E-state index in [1.165, 1.54) is 11.3 Å². The fourth-order valence-corrected chi connectivity index (χ4v) is 5.02. The molecule has 2 heterocycles. The van der Waals surface area contributed by atoms with Gasteiger partial charge in [0.1, 0.15) is 30.3 Å². The van der Waals surface area contributed by atoms with Gasteiger partial charge in [-0.3, -0.25) is 9.69 Å². The van der Waals surface area contributed by atoms with Crippen molar-refractivity contribution in [1.82, 2.24) is 4.90 Å². The van der Waals surface area contributed by atoms with E-state index in [4.69, 9.17) is 26.8 Å². The van der Waals surface area contributed by atoms with Crippen molar-refractivity contribution < 1.29 is 19.4 Å². The van der Waals surface area contributed by atoms with E-state index in [9.17, 15) is 9.90 Å². The van der Waals surface area contributed by atoms with Gasteiger partial charge in [-0.1, -0.05) is 29.8 Å². The third-order valence-electron chi connectivity index (χ3n) is 5.50. The Labute approximate surface area is 202 Å². The van der Waals surface area contributed by atoms with Crippen LogP contribution in [0.25, 0.3) is 11.1 Å². The second-order valence-corrected chi connectivity index (χ2v) is 9.86. The Kier molecular flexibility index (Phi) is 7.55. The van der Waals surface area contributed by atoms with Crippen molar-refractivity contribution in [2.24, 2.45) is 5.73 Å². The van der Waals surface area contributed by atoms with E-state index in [0.717, 1.165) is 41.3 Å². The van der Waals surface area contributed by atoms with Gasteiger partial charge in [0.25, 0.3) is 5.91 Å². The van der Waals surface area contributed by atoms with E-state index in [1.54, 1.807) is 0 Å². The van der Waals surface area contributed by atoms with Gasteiger partial charge in [-0.2, -0.15) is 0 Å². The van der Waals surface area contributed by atoms with Crippen LogP contribution < -0.4 is 15.2 Å². The Hall–Kier alpha value is -2.58. The van der Waals surface area contributed by atoms with Crippen molar-refractivity contribution >= 4 is 28.8 Å². The highest BCUT2D eigenvalue weighted by atomic mass is 35.5. The zero-order valence-corrected chi connectivity index (χ0v) is 19.9. The summed E-state index contributed by atoms with van der Waals surface area (Å²) in [5.74, 6) is 0.954. The van der Waals surface area contributed by atoms with Crippen LogP contribution in [0.1, 0.15) is 21.0 Å². The Balaban J connectivity index is 1.32. The number of benzene rings is 2. The van der Waals surface area contributed by atoms with Crippen LogP contribution in [0.2, 0.25) is 5.02 Å². The minimum absolute atomic E-state index is 0.0778. The van der Waals surface area contributed by atoms with Gasteiger partial charge in [-0.15, -0.1) is 11.3 Å². The fraction of sp³-hybridized carbons (Fsp3) is 0.320. The summed E-state index contributed by atoms with van der Waals surface area (Å²) in [4.78, 5) is 15.5. The van der Waals surface area contributed by atoms with Crippen LogP contribution in [-0.2, 0) is 0 Å². The van der Waals surface area contributed by atoms with Crippen LogP contribution in [0.5, 0.6) is 11.5 Å². The summed E-state index contributed by atoms with van der Waals surface area (Å²) >= 11 is 7.29. The highest BCUT2D eigenvalue weighted by molar-refractivity contribution is 7.14. The Bertz CT molecular complexity index is 1100. The first-order valence-corrected chi connectivity index (χ1v) is 12.0. The van der Waals surface area contributed by atoms with Gasteiger partial charge < -0.3 is 20.3 Å². The zero-order chi connectivity index (χ0) is 23.4. The SMILES string of the molecule is Cc1cc(-c2ccccc2OCC(O)CN2CCC(Oc3ccc(Cl)cc3)C2)c(C(N)=O)s1. The summed E-state index contributed by atoms with van der Waals surface area (Å²) in [6.45, 7) is 4.17. The number of β-amino-alcohol motifs (C(OH)–C–C–N with tert-alkyl or cyclic N) is 1. The van der Waals surface area contributed by atoms with Gasteiger partial charge in [0.15, 0.2) is 0 Å². The van der Waals surface area contributed by atoms with E-state index >= 15 is 0 Å². The number of carbonyl (C=O) groups excluding carboxylic acids is 1. The smallest absolute Gasteiger partial charge is 0.259 e. The molecule has 0 aliphatic carbocycles. The van der Waals surface area contributed by atoms with E-state index in [-0.39, 0.29) is 12.7 Å². The molecule has 0 saturated carbocycles. The standard InChI is InChI=1S/C25H27ClN2O4S/c1-16-12-22(24(33-16)25(27)30)21-4-2-3-5-23(21)31-15-18(29)13-28-11-10-20(14-28)32-19-8-6-17(26)7-9-19/h2-9,12,18,20,29H,10-11,13-15H2,1H3,(H2,27,30). The van der Waals surface area contributed by atoms with Crippen molar-refractivity contribution in [2.45, 2.75) is 25.6 Å². The molecule has 1 saturated heterocycles. The summed E-state index contributed by atoms with van der Waals surface area (Å²) in [6.07, 6.45) is 0.313. The number of aliphatic hydroxyl groups is 1. The summed E-state index contributed by atoms with van der Waals surface area (Å²) in [5, 5.41) is 11.3. The summed E-state index contributed by atoms with van der Waals surface area (Å²) < 4.78 is 12.0. The number of hydrogen-bond acceptors (Lipinski definition) is 6. The number of aryl methyl sites for hydroxylation is 1. The third-order valence-corrected chi connectivity index (χ3v) is 6.82. The predicted octanol–water partition coefficient (Wildman–Crippen LogP) is 4.37. The van der Waals surface area contributed by atoms with Crippen LogP contribution in [0.4, 0.5) is 0 Å². The molecule has 1 aliphatic rings. The monoisotopic (exact) mass is 486 g/mol. The molecule has 0 radical (unpaired) electrons. The maximum absolute atomic E-state index is 11.9. The van der Waals surface area contributed by atoms with Gasteiger partial charge in [0.05, 0.1) is 4.88 Å². The lowest BCUT2D eigenvalue weighted by Crippen LogP contribution is -2.35. The molecule has 1 fully saturated rings. The van der Waals surface area contributed by atoms with Crippen LogP contribution in [0, 0.1) is 6.92 Å². The third kappa shape index (κ3) is 6.06. The molecule has 0 spiro atoms. The van der Waals surface area contributed by atoms with Crippen LogP contribution >= 0.6 is 22.9 Å². The average molecular weight is 487 g/mol. The van der Waals surface area contributed by atoms with Crippen LogP contribution in [0.3, 0.4) is 0 Å². The molecular weight excluding hydrogens is 460 g/mol. The van der Waals surface area contributed by atoms with Gasteiger partial charge in [0.2, 0.25) is 0 Å². The molecular formula is C25H27ClN2O4S. The molecule has 2 unspecified atom stereocenters. The van der Waals surface area contributed by atoms with Gasteiger partial charge in [0, 0.05) is 40.7 Å². The fourth-order valence-electron chi connectivity index (χ4n) is 4.01. The molecule has 1 amide bonds. The van der Waals surface area contributed by atoms with E-state index in [2.05, 4.69) is 4.90 Å². The number of halogens is 1. The first-order chi connectivity index (χ1) is 15.9. The number of carbonyl (C=O) groups is 1. The highest BCUT2D eigenvalue weighted by Gasteiger charge is 2.26. The lowest BCUT2D eigenvalue weighted by molar-refractivity contribution is 0.0722. The quantitative estimate of drug-likeness (QED) is 0.469. The number of aliphatic hydroxyl groups excluding tert-OH is 1. The minimum Gasteiger partial charge on any atom is -0.490 e. The normalized spacial score (nSPS) is 17.1. The van der Waals surface area contributed by atoms with Gasteiger partial charge in [-0.25, -0.2) is 0 Å². The molecule has 4 rings (SSSR count). The Morgan fingerprint density at radius 3 is 2.76 bits per heavy atom. The molecule has 6 nitrogen and oxygen atoms in total. The summed E-state index contributed by atoms with van der Waals surface area (Å²) in [5.41, 5.74) is 7.12. The Morgan fingerprint density at radius 2 is 2.00 bits per heavy atom. The molecule has 8 heteroatoms. The summed E-state index contributed by atoms with van der Waals surface area (Å²) in [7, 11) is 0. The first kappa shape index (κ1) is 23.6. The molecule has 2 aromatic carbocycles. The number of para-hydroxylation sites is 1. The number of primary amides is 1. The first-order valence-electron chi connectivity index (χ1n) is 10.8. The molecule has 174 valence electrons. The second kappa shape index (κ2) is 10.6. The highest BCUT2D eigenvalue weighted by Crippen LogP contribution is 2.36. The predicted molar refractivity (Wildman–Crippen MR) is 131 cm³/mol. The van der Waals surface area contributed by atoms with Crippen molar-refractivity contribution in [3.05, 3.63) is 69.4 Å². The van der Waals surface area contributed by atoms with E-state index < -0.39 is 12.0 Å². The van der Waals surface area contributed by atoms with Crippen molar-refractivity contribution in [2.75, 3.05) is 26.2 Å². The summed E-state index contributed by atoms with van der Waals surface area (Å²) in [6, 6.07) is 16.8. The number of likely N-dealkylation sites (tertiary alicyclic amines) is 1. The minimum atomic E-state index is -0.660. The maximum Gasteiger partial charge on any atom is 0.259 e. The topological polar surface area (TPSA) is 85.0 Å². The van der Waals surface area contributed by atoms with Crippen LogP contribution in [-0.4, -0.2) is 54.4 Å². The van der Waals surface area contributed by atoms with Crippen LogP contribution in [0.15, 0.2) is 54.6 Å². The van der Waals surface area contributed by atoms with Gasteiger partial charge in [-0.05, 0) is 49.7 Å². The van der Waals surface area contributed by atoms with Crippen molar-refractivity contribution in [3.63, 3.8) is 0 Å². The lowest BCUT2D eigenvalue weighted by Gasteiger charge is -2.21. The van der Waals surface area contributed by atoms with Crippen molar-refractivity contribution in [1.29, 1.82) is 0 Å². The number of ether oxygens (including phenoxy) is 2. The largest absolute Gasteiger partial charge is 0.490 e. The number of thiophene rings is 1. The maximum atomic E-state index is 11.9. The molecule has 2 atom stereocenters. The molecule has 0 bridgehead atoms. The number of nitrogens with two attached hydrogens (primary N) is 1. The van der Waals surface area contributed by atoms with Crippen molar-refractivity contribution in [3.8, 4) is 22.6 Å². The number of nitrogens with zero attached hydrogens (tertiary/aromatic N) is 1.